The predicted molar refractivity (Wildman–Crippen MR) is 84.5 cm³/mol. The van der Waals surface area contributed by atoms with Gasteiger partial charge in [-0.15, -0.1) is 0 Å². The molecule has 4 aliphatic rings. The van der Waals surface area contributed by atoms with E-state index in [0.29, 0.717) is 31.6 Å². The van der Waals surface area contributed by atoms with Gasteiger partial charge < -0.3 is 10.2 Å². The Morgan fingerprint density at radius 3 is 2.57 bits per heavy atom. The fourth-order valence-electron chi connectivity index (χ4n) is 6.13. The van der Waals surface area contributed by atoms with Gasteiger partial charge in [-0.3, -0.25) is 9.59 Å². The van der Waals surface area contributed by atoms with Crippen LogP contribution in [0.4, 0.5) is 0 Å². The highest BCUT2D eigenvalue weighted by Gasteiger charge is 2.59. The Morgan fingerprint density at radius 2 is 1.83 bits per heavy atom. The highest BCUT2D eigenvalue weighted by atomic mass is 16.3. The maximum atomic E-state index is 12.8. The zero-order valence-corrected chi connectivity index (χ0v) is 13.9. The molecule has 0 spiro atoms. The second-order valence-electron chi connectivity index (χ2n) is 8.78. The van der Waals surface area contributed by atoms with Crippen molar-refractivity contribution in [2.24, 2.45) is 28.6 Å². The molecule has 0 aromatic heterocycles. The summed E-state index contributed by atoms with van der Waals surface area (Å²) in [5.41, 5.74) is 0.424. The Hall–Kier alpha value is -1.00. The van der Waals surface area contributed by atoms with Crippen LogP contribution in [0.2, 0.25) is 0 Å². The van der Waals surface area contributed by atoms with Gasteiger partial charge in [-0.2, -0.15) is 0 Å². The number of carbonyl (C=O) groups is 2. The molecule has 2 N–H and O–H groups in total. The molecule has 3 saturated carbocycles. The number of hydrogen-bond donors (Lipinski definition) is 2. The SMILES string of the molecule is CC12CC(O)C(O)CC1CCC1C2=CC(=O)C2(C)CC(=O)CC12. The van der Waals surface area contributed by atoms with E-state index in [4.69, 9.17) is 0 Å². The molecule has 4 aliphatic carbocycles. The van der Waals surface area contributed by atoms with Gasteiger partial charge in [0.2, 0.25) is 0 Å². The van der Waals surface area contributed by atoms with E-state index in [1.165, 1.54) is 0 Å². The number of fused-ring (bicyclic) bond motifs is 5. The summed E-state index contributed by atoms with van der Waals surface area (Å²) in [7, 11) is 0. The number of rotatable bonds is 0. The largest absolute Gasteiger partial charge is 0.390 e. The molecule has 3 fully saturated rings. The molecule has 4 heteroatoms. The zero-order chi connectivity index (χ0) is 16.6. The van der Waals surface area contributed by atoms with Crippen LogP contribution in [-0.4, -0.2) is 34.0 Å². The molecule has 7 atom stereocenters. The van der Waals surface area contributed by atoms with Crippen LogP contribution < -0.4 is 0 Å². The van der Waals surface area contributed by atoms with Gasteiger partial charge >= 0.3 is 0 Å². The van der Waals surface area contributed by atoms with Crippen molar-refractivity contribution in [2.75, 3.05) is 0 Å². The Balaban J connectivity index is 1.76. The molecule has 0 aliphatic heterocycles. The summed E-state index contributed by atoms with van der Waals surface area (Å²) in [6.07, 6.45) is 4.49. The highest BCUT2D eigenvalue weighted by Crippen LogP contribution is 2.62. The van der Waals surface area contributed by atoms with Gasteiger partial charge in [-0.05, 0) is 54.9 Å². The maximum Gasteiger partial charge on any atom is 0.162 e. The number of carbonyl (C=O) groups excluding carboxylic acids is 2. The summed E-state index contributed by atoms with van der Waals surface area (Å²) < 4.78 is 0. The molecule has 0 saturated heterocycles. The first-order valence-corrected chi connectivity index (χ1v) is 8.90. The Morgan fingerprint density at radius 1 is 1.09 bits per heavy atom. The predicted octanol–water partition coefficient (Wildman–Crippen LogP) is 2.03. The van der Waals surface area contributed by atoms with Gasteiger partial charge in [0.1, 0.15) is 5.78 Å². The maximum absolute atomic E-state index is 12.8. The van der Waals surface area contributed by atoms with Crippen LogP contribution in [0, 0.1) is 28.6 Å². The summed E-state index contributed by atoms with van der Waals surface area (Å²) in [5, 5.41) is 20.2. The van der Waals surface area contributed by atoms with Crippen LogP contribution in [0.1, 0.15) is 52.4 Å². The van der Waals surface area contributed by atoms with E-state index in [0.717, 1.165) is 18.4 Å². The van der Waals surface area contributed by atoms with Gasteiger partial charge in [0.15, 0.2) is 5.78 Å². The molecular formula is C19H26O4. The molecule has 7 unspecified atom stereocenters. The summed E-state index contributed by atoms with van der Waals surface area (Å²) in [6.45, 7) is 4.11. The fraction of sp³-hybridized carbons (Fsp3) is 0.789. The Kier molecular flexibility index (Phi) is 3.21. The van der Waals surface area contributed by atoms with Crippen molar-refractivity contribution in [3.8, 4) is 0 Å². The van der Waals surface area contributed by atoms with Gasteiger partial charge in [-0.1, -0.05) is 19.4 Å². The van der Waals surface area contributed by atoms with Gasteiger partial charge in [-0.25, -0.2) is 0 Å². The first-order chi connectivity index (χ1) is 10.8. The Labute approximate surface area is 137 Å². The lowest BCUT2D eigenvalue weighted by Crippen LogP contribution is -2.53. The topological polar surface area (TPSA) is 74.6 Å². The van der Waals surface area contributed by atoms with Crippen molar-refractivity contribution >= 4 is 11.6 Å². The zero-order valence-electron chi connectivity index (χ0n) is 13.9. The quantitative estimate of drug-likeness (QED) is 0.717. The van der Waals surface area contributed by atoms with Crippen molar-refractivity contribution in [1.82, 2.24) is 0 Å². The monoisotopic (exact) mass is 318 g/mol. The van der Waals surface area contributed by atoms with E-state index in [2.05, 4.69) is 6.92 Å². The first-order valence-electron chi connectivity index (χ1n) is 8.90. The smallest absolute Gasteiger partial charge is 0.162 e. The van der Waals surface area contributed by atoms with Crippen LogP contribution in [0.25, 0.3) is 0 Å². The number of aliphatic hydroxyl groups is 2. The van der Waals surface area contributed by atoms with Gasteiger partial charge in [0, 0.05) is 18.3 Å². The van der Waals surface area contributed by atoms with Gasteiger partial charge in [0.05, 0.1) is 12.2 Å². The molecule has 0 bridgehead atoms. The van der Waals surface area contributed by atoms with Crippen LogP contribution >= 0.6 is 0 Å². The molecule has 23 heavy (non-hydrogen) atoms. The second kappa shape index (κ2) is 4.76. The van der Waals surface area contributed by atoms with Crippen molar-refractivity contribution in [1.29, 1.82) is 0 Å². The lowest BCUT2D eigenvalue weighted by molar-refractivity contribution is -0.130. The summed E-state index contributed by atoms with van der Waals surface area (Å²) in [5.74, 6) is 1.05. The van der Waals surface area contributed by atoms with E-state index in [1.54, 1.807) is 0 Å². The third kappa shape index (κ3) is 1.97. The average Bonchev–Trinajstić information content (AvgIpc) is 2.78. The van der Waals surface area contributed by atoms with Crippen molar-refractivity contribution < 1.29 is 19.8 Å². The number of hydrogen-bond acceptors (Lipinski definition) is 4. The highest BCUT2D eigenvalue weighted by molar-refractivity contribution is 6.02. The molecule has 0 amide bonds. The Bertz CT molecular complexity index is 608. The van der Waals surface area contributed by atoms with Crippen LogP contribution in [0.5, 0.6) is 0 Å². The minimum Gasteiger partial charge on any atom is -0.390 e. The molecule has 126 valence electrons. The van der Waals surface area contributed by atoms with Crippen molar-refractivity contribution in [3.05, 3.63) is 11.6 Å². The molecule has 0 radical (unpaired) electrons. The third-order valence-corrected chi connectivity index (χ3v) is 7.55. The molecular weight excluding hydrogens is 292 g/mol. The van der Waals surface area contributed by atoms with E-state index >= 15 is 0 Å². The number of aliphatic hydroxyl groups excluding tert-OH is 2. The van der Waals surface area contributed by atoms with Crippen molar-refractivity contribution in [3.63, 3.8) is 0 Å². The number of ketones is 2. The van der Waals surface area contributed by atoms with Crippen molar-refractivity contribution in [2.45, 2.75) is 64.6 Å². The van der Waals surface area contributed by atoms with E-state index in [-0.39, 0.29) is 28.8 Å². The molecule has 4 rings (SSSR count). The third-order valence-electron chi connectivity index (χ3n) is 7.55. The molecule has 0 heterocycles. The van der Waals surface area contributed by atoms with Gasteiger partial charge in [0.25, 0.3) is 0 Å². The molecule has 4 nitrogen and oxygen atoms in total. The minimum absolute atomic E-state index is 0.0992. The number of Topliss-reactive ketones (excluding diaryl/α,β-unsaturated/α-hetero) is 1. The van der Waals surface area contributed by atoms with Crippen LogP contribution in [-0.2, 0) is 9.59 Å². The summed E-state index contributed by atoms with van der Waals surface area (Å²) in [6, 6.07) is 0. The summed E-state index contributed by atoms with van der Waals surface area (Å²) in [4.78, 5) is 24.9. The van der Waals surface area contributed by atoms with E-state index in [9.17, 15) is 19.8 Å². The van der Waals surface area contributed by atoms with Crippen LogP contribution in [0.3, 0.4) is 0 Å². The minimum atomic E-state index is -0.718. The molecule has 0 aromatic rings. The fourth-order valence-corrected chi connectivity index (χ4v) is 6.13. The summed E-state index contributed by atoms with van der Waals surface area (Å²) >= 11 is 0. The standard InChI is InChI=1S/C19H26O4/c1-18-9-16(22)15(21)5-10(18)3-4-12-13-6-11(20)8-19(13,2)17(23)7-14(12)18/h7,10,12-13,15-16,21-22H,3-6,8-9H2,1-2H3. The lowest BCUT2D eigenvalue weighted by Gasteiger charge is -2.56. The van der Waals surface area contributed by atoms with E-state index in [1.807, 2.05) is 13.0 Å². The lowest BCUT2D eigenvalue weighted by atomic mass is 9.49. The first kappa shape index (κ1) is 15.5. The average molecular weight is 318 g/mol. The molecule has 0 aromatic carbocycles. The normalized spacial score (nSPS) is 52.5. The van der Waals surface area contributed by atoms with E-state index < -0.39 is 17.6 Å². The second-order valence-corrected chi connectivity index (χ2v) is 8.78. The number of allylic oxidation sites excluding steroid dienone is 2. The van der Waals surface area contributed by atoms with Crippen LogP contribution in [0.15, 0.2) is 11.6 Å².